The van der Waals surface area contributed by atoms with Gasteiger partial charge < -0.3 is 32.3 Å². The first-order chi connectivity index (χ1) is 9.17. The molecule has 0 amide bonds. The Morgan fingerprint density at radius 2 is 2.10 bits per heavy atom. The molecule has 0 saturated carbocycles. The first-order valence-corrected chi connectivity index (χ1v) is 6.49. The fourth-order valence-electron chi connectivity index (χ4n) is 1.64. The van der Waals surface area contributed by atoms with Gasteiger partial charge in [-0.2, -0.15) is 0 Å². The van der Waals surface area contributed by atoms with Crippen LogP contribution >= 0.6 is 0 Å². The average molecular weight is 301 g/mol. The lowest BCUT2D eigenvalue weighted by Crippen LogP contribution is -3.00. The summed E-state index contributed by atoms with van der Waals surface area (Å²) in [5.41, 5.74) is 1.08. The first kappa shape index (κ1) is 18.8. The van der Waals surface area contributed by atoms with Gasteiger partial charge in [-0.05, 0) is 31.5 Å². The number of ether oxygens (including phenoxy) is 2. The second-order valence-electron chi connectivity index (χ2n) is 4.31. The van der Waals surface area contributed by atoms with Crippen molar-refractivity contribution in [1.29, 1.82) is 0 Å². The van der Waals surface area contributed by atoms with Crippen molar-refractivity contribution >= 4 is 6.08 Å². The van der Waals surface area contributed by atoms with Crippen LogP contribution in [-0.2, 0) is 0 Å². The molecule has 0 aliphatic heterocycles. The van der Waals surface area contributed by atoms with Crippen LogP contribution in [0.5, 0.6) is 11.5 Å². The van der Waals surface area contributed by atoms with Crippen LogP contribution in [0, 0.1) is 0 Å². The van der Waals surface area contributed by atoms with E-state index in [0.29, 0.717) is 19.7 Å². The summed E-state index contributed by atoms with van der Waals surface area (Å²) in [6.07, 6.45) is 3.65. The molecule has 2 N–H and O–H groups in total. The standard InChI is InChI=1S/C15H23NO3.ClH/c1-4-5-13-6-7-14(15(10-13)18-3)19-9-8-16-11-12(2)17;/h4-7,10,12,16-17H,8-9,11H2,1-3H3;1H/p-1/b5-4+;. The Hall–Kier alpha value is -1.23. The fraction of sp³-hybridized carbons (Fsp3) is 0.467. The lowest BCUT2D eigenvalue weighted by Gasteiger charge is -2.12. The average Bonchev–Trinajstić information content (AvgIpc) is 2.39. The third kappa shape index (κ3) is 6.80. The van der Waals surface area contributed by atoms with Gasteiger partial charge in [0.15, 0.2) is 11.5 Å². The summed E-state index contributed by atoms with van der Waals surface area (Å²) in [7, 11) is 1.63. The minimum atomic E-state index is -0.338. The third-order valence-electron chi connectivity index (χ3n) is 2.52. The molecule has 1 aromatic carbocycles. The molecular weight excluding hydrogens is 278 g/mol. The number of halogens is 1. The van der Waals surface area contributed by atoms with Gasteiger partial charge in [0.05, 0.1) is 13.2 Å². The zero-order chi connectivity index (χ0) is 14.1. The van der Waals surface area contributed by atoms with Crippen molar-refractivity contribution in [3.05, 3.63) is 29.8 Å². The summed E-state index contributed by atoms with van der Waals surface area (Å²) in [4.78, 5) is 0. The molecule has 0 bridgehead atoms. The molecule has 0 radical (unpaired) electrons. The highest BCUT2D eigenvalue weighted by atomic mass is 35.5. The summed E-state index contributed by atoms with van der Waals surface area (Å²) in [5, 5.41) is 12.2. The summed E-state index contributed by atoms with van der Waals surface area (Å²) < 4.78 is 11.0. The molecule has 4 nitrogen and oxygen atoms in total. The van der Waals surface area contributed by atoms with E-state index in [-0.39, 0.29) is 18.5 Å². The molecule has 1 aromatic rings. The summed E-state index contributed by atoms with van der Waals surface area (Å²) in [5.74, 6) is 1.46. The molecule has 1 unspecified atom stereocenters. The molecule has 0 aliphatic rings. The number of aliphatic hydroxyl groups excluding tert-OH is 1. The maximum absolute atomic E-state index is 9.10. The van der Waals surface area contributed by atoms with Crippen molar-refractivity contribution in [3.63, 3.8) is 0 Å². The summed E-state index contributed by atoms with van der Waals surface area (Å²) in [6.45, 7) is 5.51. The van der Waals surface area contributed by atoms with Crippen molar-refractivity contribution in [2.45, 2.75) is 20.0 Å². The van der Waals surface area contributed by atoms with Gasteiger partial charge in [-0.1, -0.05) is 18.2 Å². The molecule has 5 heteroatoms. The predicted molar refractivity (Wildman–Crippen MR) is 77.7 cm³/mol. The van der Waals surface area contributed by atoms with Crippen LogP contribution < -0.4 is 27.2 Å². The van der Waals surface area contributed by atoms with Gasteiger partial charge in [0, 0.05) is 13.1 Å². The van der Waals surface area contributed by atoms with E-state index in [9.17, 15) is 0 Å². The van der Waals surface area contributed by atoms with Gasteiger partial charge in [-0.25, -0.2) is 0 Å². The van der Waals surface area contributed by atoms with E-state index in [2.05, 4.69) is 5.32 Å². The quantitative estimate of drug-likeness (QED) is 0.610. The Morgan fingerprint density at radius 1 is 1.35 bits per heavy atom. The highest BCUT2D eigenvalue weighted by Gasteiger charge is 2.04. The lowest BCUT2D eigenvalue weighted by atomic mass is 10.2. The molecule has 0 aliphatic carbocycles. The number of aliphatic hydroxyl groups is 1. The van der Waals surface area contributed by atoms with E-state index in [0.717, 1.165) is 17.1 Å². The van der Waals surface area contributed by atoms with Crippen molar-refractivity contribution < 1.29 is 27.0 Å². The van der Waals surface area contributed by atoms with Gasteiger partial charge in [0.1, 0.15) is 6.61 Å². The van der Waals surface area contributed by atoms with E-state index >= 15 is 0 Å². The number of benzene rings is 1. The van der Waals surface area contributed by atoms with E-state index in [1.54, 1.807) is 14.0 Å². The van der Waals surface area contributed by atoms with Crippen molar-refractivity contribution in [2.24, 2.45) is 0 Å². The Kier molecular flexibility index (Phi) is 9.90. The van der Waals surface area contributed by atoms with Crippen molar-refractivity contribution in [2.75, 3.05) is 26.8 Å². The molecule has 0 saturated heterocycles. The monoisotopic (exact) mass is 300 g/mol. The number of hydrogen-bond acceptors (Lipinski definition) is 4. The molecule has 0 aromatic heterocycles. The van der Waals surface area contributed by atoms with Crippen LogP contribution in [0.3, 0.4) is 0 Å². The molecule has 0 fully saturated rings. The smallest absolute Gasteiger partial charge is 0.161 e. The van der Waals surface area contributed by atoms with Gasteiger partial charge in [-0.15, -0.1) is 0 Å². The van der Waals surface area contributed by atoms with Crippen molar-refractivity contribution in [3.8, 4) is 11.5 Å². The largest absolute Gasteiger partial charge is 1.00 e. The van der Waals surface area contributed by atoms with Crippen LogP contribution in [0.2, 0.25) is 0 Å². The Balaban J connectivity index is 0.00000361. The van der Waals surface area contributed by atoms with Crippen molar-refractivity contribution in [1.82, 2.24) is 5.32 Å². The zero-order valence-electron chi connectivity index (χ0n) is 12.2. The SMILES string of the molecule is C/C=C/c1ccc(OCCNCC(C)O)c(OC)c1.[Cl-]. The van der Waals surface area contributed by atoms with Crippen LogP contribution in [0.25, 0.3) is 6.08 Å². The second kappa shape index (κ2) is 10.5. The minimum Gasteiger partial charge on any atom is -1.00 e. The fourth-order valence-corrected chi connectivity index (χ4v) is 1.64. The molecule has 0 heterocycles. The molecule has 0 spiro atoms. The molecule has 114 valence electrons. The number of hydrogen-bond donors (Lipinski definition) is 2. The molecular formula is C15H23ClNO3-. The molecule has 20 heavy (non-hydrogen) atoms. The van der Waals surface area contributed by atoms with Gasteiger partial charge in [-0.3, -0.25) is 0 Å². The zero-order valence-corrected chi connectivity index (χ0v) is 13.0. The second-order valence-corrected chi connectivity index (χ2v) is 4.31. The predicted octanol–water partition coefficient (Wildman–Crippen LogP) is -0.918. The van der Waals surface area contributed by atoms with Crippen LogP contribution in [0.1, 0.15) is 19.4 Å². The number of rotatable bonds is 8. The molecule has 1 rings (SSSR count). The van der Waals surface area contributed by atoms with Crippen LogP contribution in [0.4, 0.5) is 0 Å². The lowest BCUT2D eigenvalue weighted by molar-refractivity contribution is -0.00000688. The third-order valence-corrected chi connectivity index (χ3v) is 2.52. The number of allylic oxidation sites excluding steroid dienone is 1. The summed E-state index contributed by atoms with van der Waals surface area (Å²) >= 11 is 0. The Morgan fingerprint density at radius 3 is 2.70 bits per heavy atom. The Labute approximate surface area is 127 Å². The number of nitrogens with one attached hydrogen (secondary N) is 1. The van der Waals surface area contributed by atoms with Crippen LogP contribution in [0.15, 0.2) is 24.3 Å². The Bertz CT molecular complexity index is 408. The van der Waals surface area contributed by atoms with E-state index in [1.165, 1.54) is 0 Å². The summed E-state index contributed by atoms with van der Waals surface area (Å²) in [6, 6.07) is 5.84. The number of methoxy groups -OCH3 is 1. The highest BCUT2D eigenvalue weighted by molar-refractivity contribution is 5.55. The van der Waals surface area contributed by atoms with E-state index < -0.39 is 0 Å². The van der Waals surface area contributed by atoms with Crippen LogP contribution in [-0.4, -0.2) is 38.0 Å². The minimum absolute atomic E-state index is 0. The van der Waals surface area contributed by atoms with Gasteiger partial charge >= 0.3 is 0 Å². The molecule has 1 atom stereocenters. The highest BCUT2D eigenvalue weighted by Crippen LogP contribution is 2.28. The maximum atomic E-state index is 9.10. The van der Waals surface area contributed by atoms with E-state index in [4.69, 9.17) is 14.6 Å². The van der Waals surface area contributed by atoms with Gasteiger partial charge in [0.25, 0.3) is 0 Å². The topological polar surface area (TPSA) is 50.7 Å². The van der Waals surface area contributed by atoms with E-state index in [1.807, 2.05) is 37.3 Å². The maximum Gasteiger partial charge on any atom is 0.161 e. The van der Waals surface area contributed by atoms with Gasteiger partial charge in [0.2, 0.25) is 0 Å². The normalized spacial score (nSPS) is 12.0. The first-order valence-electron chi connectivity index (χ1n) is 6.49.